The molecule has 2 aromatic carbocycles. The van der Waals surface area contributed by atoms with Gasteiger partial charge in [0.2, 0.25) is 11.8 Å². The van der Waals surface area contributed by atoms with Gasteiger partial charge in [-0.25, -0.2) is 0 Å². The Balaban J connectivity index is 1.33. The van der Waals surface area contributed by atoms with Crippen LogP contribution in [0.5, 0.6) is 5.75 Å². The lowest BCUT2D eigenvalue weighted by molar-refractivity contribution is -0.163. The molecular formula is C24H30N2O4S. The Morgan fingerprint density at radius 2 is 1.77 bits per heavy atom. The van der Waals surface area contributed by atoms with E-state index in [-0.39, 0.29) is 24.8 Å². The second-order valence-electron chi connectivity index (χ2n) is 7.70. The van der Waals surface area contributed by atoms with E-state index >= 15 is 0 Å². The summed E-state index contributed by atoms with van der Waals surface area (Å²) < 4.78 is 17.7. The van der Waals surface area contributed by atoms with Crippen LogP contribution in [-0.2, 0) is 26.8 Å². The number of nitrogens with zero attached hydrogens (tertiary/aromatic N) is 1. The zero-order valence-electron chi connectivity index (χ0n) is 17.9. The Morgan fingerprint density at radius 1 is 1.06 bits per heavy atom. The van der Waals surface area contributed by atoms with Gasteiger partial charge in [0.25, 0.3) is 0 Å². The van der Waals surface area contributed by atoms with Gasteiger partial charge < -0.3 is 10.1 Å². The highest BCUT2D eigenvalue weighted by molar-refractivity contribution is 7.84. The van der Waals surface area contributed by atoms with Gasteiger partial charge in [-0.2, -0.15) is 0 Å². The molecule has 1 aliphatic rings. The van der Waals surface area contributed by atoms with Gasteiger partial charge >= 0.3 is 0 Å². The highest BCUT2D eigenvalue weighted by atomic mass is 32.2. The topological polar surface area (TPSA) is 75.7 Å². The lowest BCUT2D eigenvalue weighted by Gasteiger charge is -2.39. The molecule has 1 aliphatic heterocycles. The van der Waals surface area contributed by atoms with Crippen LogP contribution in [0.25, 0.3) is 0 Å². The fourth-order valence-electron chi connectivity index (χ4n) is 3.54. The summed E-state index contributed by atoms with van der Waals surface area (Å²) in [5, 5.41) is 2.89. The number of amides is 2. The minimum atomic E-state index is -1.19. The van der Waals surface area contributed by atoms with Crippen molar-refractivity contribution in [1.82, 2.24) is 10.2 Å². The van der Waals surface area contributed by atoms with Gasteiger partial charge in [0, 0.05) is 12.8 Å². The number of unbranched alkanes of at least 4 members (excludes halogenated alkanes) is 3. The van der Waals surface area contributed by atoms with Crippen molar-refractivity contribution in [3.63, 3.8) is 0 Å². The summed E-state index contributed by atoms with van der Waals surface area (Å²) in [6.45, 7) is 0.588. The van der Waals surface area contributed by atoms with Crippen molar-refractivity contribution in [2.45, 2.75) is 49.6 Å². The van der Waals surface area contributed by atoms with Crippen molar-refractivity contribution in [2.24, 2.45) is 0 Å². The highest BCUT2D eigenvalue weighted by Gasteiger charge is 2.39. The zero-order chi connectivity index (χ0) is 22.1. The third-order valence-electron chi connectivity index (χ3n) is 5.31. The summed E-state index contributed by atoms with van der Waals surface area (Å²) in [7, 11) is -1.19. The molecular weight excluding hydrogens is 412 g/mol. The van der Waals surface area contributed by atoms with E-state index in [4.69, 9.17) is 4.74 Å². The number of benzene rings is 2. The van der Waals surface area contributed by atoms with E-state index in [1.807, 2.05) is 6.07 Å². The van der Waals surface area contributed by atoms with E-state index in [2.05, 4.69) is 29.6 Å². The van der Waals surface area contributed by atoms with Gasteiger partial charge in [0.1, 0.15) is 12.3 Å². The Labute approximate surface area is 186 Å². The number of ether oxygens (including phenoxy) is 1. The first kappa shape index (κ1) is 23.0. The molecule has 2 amide bonds. The number of nitrogens with one attached hydrogen (secondary N) is 1. The molecule has 0 spiro atoms. The fraction of sp³-hybridized carbons (Fsp3) is 0.417. The summed E-state index contributed by atoms with van der Waals surface area (Å²) in [5.41, 5.74) is 1.36. The third kappa shape index (κ3) is 6.92. The first-order valence-electron chi connectivity index (χ1n) is 10.7. The first-order chi connectivity index (χ1) is 15.0. The van der Waals surface area contributed by atoms with Crippen molar-refractivity contribution < 1.29 is 18.5 Å². The van der Waals surface area contributed by atoms with Crippen molar-refractivity contribution in [3.05, 3.63) is 60.2 Å². The summed E-state index contributed by atoms with van der Waals surface area (Å²) in [4.78, 5) is 26.2. The monoisotopic (exact) mass is 442 g/mol. The van der Waals surface area contributed by atoms with Crippen molar-refractivity contribution in [2.75, 3.05) is 19.3 Å². The maximum atomic E-state index is 12.2. The van der Waals surface area contributed by atoms with Gasteiger partial charge in [-0.05, 0) is 37.0 Å². The molecule has 0 radical (unpaired) electrons. The number of carbonyl (C=O) groups excluding carboxylic acids is 2. The molecule has 31 heavy (non-hydrogen) atoms. The number of rotatable bonds is 12. The predicted molar refractivity (Wildman–Crippen MR) is 121 cm³/mol. The van der Waals surface area contributed by atoms with Crippen LogP contribution in [0, 0.1) is 0 Å². The molecule has 1 N–H and O–H groups in total. The van der Waals surface area contributed by atoms with Crippen LogP contribution in [0.1, 0.15) is 37.7 Å². The Morgan fingerprint density at radius 3 is 2.52 bits per heavy atom. The number of likely N-dealkylation sites (tertiary alicyclic amines) is 1. The zero-order valence-corrected chi connectivity index (χ0v) is 18.7. The standard InChI is InChI=1S/C24H30N2O4S/c1-31(29)21-15-9-8-14-20(21)30-24-17-23(28)26(24)18-22(27)25-16-10-3-2-5-11-19-12-6-4-7-13-19/h4,6-9,12-15,24H,2-3,5,10-11,16-18H2,1H3,(H,25,27). The first-order valence-corrected chi connectivity index (χ1v) is 12.3. The average molecular weight is 443 g/mol. The summed E-state index contributed by atoms with van der Waals surface area (Å²) in [5.74, 6) is 0.191. The lowest BCUT2D eigenvalue weighted by atomic mass is 10.1. The van der Waals surface area contributed by atoms with Gasteiger partial charge in [-0.15, -0.1) is 0 Å². The normalized spacial score (nSPS) is 16.5. The van der Waals surface area contributed by atoms with Gasteiger partial charge in [0.05, 0.1) is 22.1 Å². The lowest BCUT2D eigenvalue weighted by Crippen LogP contribution is -2.58. The molecule has 0 bridgehead atoms. The number of aryl methyl sites for hydroxylation is 1. The molecule has 0 saturated carbocycles. The fourth-order valence-corrected chi connectivity index (χ4v) is 4.21. The van der Waals surface area contributed by atoms with Crippen molar-refractivity contribution in [3.8, 4) is 5.75 Å². The minimum Gasteiger partial charge on any atom is -0.469 e. The third-order valence-corrected chi connectivity index (χ3v) is 6.27. The largest absolute Gasteiger partial charge is 0.469 e. The Kier molecular flexibility index (Phi) is 8.64. The van der Waals surface area contributed by atoms with Gasteiger partial charge in [0.15, 0.2) is 6.23 Å². The average Bonchev–Trinajstić information content (AvgIpc) is 2.77. The van der Waals surface area contributed by atoms with E-state index < -0.39 is 17.0 Å². The van der Waals surface area contributed by atoms with E-state index in [0.29, 0.717) is 17.2 Å². The van der Waals surface area contributed by atoms with Crippen molar-refractivity contribution >= 4 is 22.6 Å². The van der Waals surface area contributed by atoms with E-state index in [0.717, 1.165) is 32.1 Å². The number of hydrogen-bond donors (Lipinski definition) is 1. The van der Waals surface area contributed by atoms with Crippen LogP contribution < -0.4 is 10.1 Å². The number of carbonyl (C=O) groups is 2. The van der Waals surface area contributed by atoms with E-state index in [9.17, 15) is 13.8 Å². The minimum absolute atomic E-state index is 0.0190. The Hall–Kier alpha value is -2.67. The quantitative estimate of drug-likeness (QED) is 0.404. The van der Waals surface area contributed by atoms with Crippen molar-refractivity contribution in [1.29, 1.82) is 0 Å². The number of hydrogen-bond acceptors (Lipinski definition) is 4. The van der Waals surface area contributed by atoms with Crippen LogP contribution in [0.3, 0.4) is 0 Å². The molecule has 166 valence electrons. The summed E-state index contributed by atoms with van der Waals surface area (Å²) in [6.07, 6.45) is 6.64. The molecule has 2 unspecified atom stereocenters. The second-order valence-corrected chi connectivity index (χ2v) is 9.05. The molecule has 1 saturated heterocycles. The maximum absolute atomic E-state index is 12.2. The van der Waals surface area contributed by atoms with Gasteiger partial charge in [-0.1, -0.05) is 55.3 Å². The van der Waals surface area contributed by atoms with Crippen LogP contribution in [0.2, 0.25) is 0 Å². The van der Waals surface area contributed by atoms with Crippen LogP contribution in [0.4, 0.5) is 0 Å². The maximum Gasteiger partial charge on any atom is 0.239 e. The van der Waals surface area contributed by atoms with Crippen LogP contribution >= 0.6 is 0 Å². The highest BCUT2D eigenvalue weighted by Crippen LogP contribution is 2.27. The molecule has 0 aromatic heterocycles. The van der Waals surface area contributed by atoms with Crippen LogP contribution in [-0.4, -0.2) is 46.5 Å². The SMILES string of the molecule is CS(=O)c1ccccc1OC1CC(=O)N1CC(=O)NCCCCCCc1ccccc1. The molecule has 2 aromatic rings. The van der Waals surface area contributed by atoms with Gasteiger partial charge in [-0.3, -0.25) is 18.7 Å². The molecule has 1 heterocycles. The predicted octanol–water partition coefficient (Wildman–Crippen LogP) is 3.28. The molecule has 3 rings (SSSR count). The molecule has 0 aliphatic carbocycles. The smallest absolute Gasteiger partial charge is 0.239 e. The van der Waals surface area contributed by atoms with E-state index in [1.54, 1.807) is 30.5 Å². The second kappa shape index (κ2) is 11.6. The summed E-state index contributed by atoms with van der Waals surface area (Å²) >= 11 is 0. The number of β-lactam (4-membered cyclic amide) rings is 1. The molecule has 1 fully saturated rings. The molecule has 6 nitrogen and oxygen atoms in total. The van der Waals surface area contributed by atoms with Crippen LogP contribution in [0.15, 0.2) is 59.5 Å². The number of para-hydroxylation sites is 1. The molecule has 7 heteroatoms. The van der Waals surface area contributed by atoms with E-state index in [1.165, 1.54) is 10.5 Å². The molecule has 2 atom stereocenters. The summed E-state index contributed by atoms with van der Waals surface area (Å²) in [6, 6.07) is 17.5. The Bertz CT molecular complexity index is 903.